The molecule has 0 spiro atoms. The Labute approximate surface area is 136 Å². The van der Waals surface area contributed by atoms with Crippen molar-refractivity contribution in [2.75, 3.05) is 5.32 Å². The lowest BCUT2D eigenvalue weighted by atomic mass is 9.91. The SMILES string of the molecule is CC(C)CC(C)c1ccccc1NC(=O)c1cn(C)nc1Cl. The van der Waals surface area contributed by atoms with Crippen LogP contribution in [0.4, 0.5) is 5.69 Å². The first kappa shape index (κ1) is 16.6. The second-order valence-electron chi connectivity index (χ2n) is 6.08. The summed E-state index contributed by atoms with van der Waals surface area (Å²) in [5.74, 6) is 0.745. The largest absolute Gasteiger partial charge is 0.322 e. The molecule has 0 aliphatic rings. The van der Waals surface area contributed by atoms with Crippen LogP contribution in [0.3, 0.4) is 0 Å². The molecule has 1 aromatic carbocycles. The quantitative estimate of drug-likeness (QED) is 0.883. The van der Waals surface area contributed by atoms with Crippen molar-refractivity contribution in [1.29, 1.82) is 0 Å². The molecular weight excluding hydrogens is 298 g/mol. The Kier molecular flexibility index (Phi) is 5.24. The molecule has 5 heteroatoms. The predicted molar refractivity (Wildman–Crippen MR) is 90.5 cm³/mol. The number of hydrogen-bond donors (Lipinski definition) is 1. The minimum Gasteiger partial charge on any atom is -0.322 e. The van der Waals surface area contributed by atoms with Crippen LogP contribution in [0.25, 0.3) is 0 Å². The van der Waals surface area contributed by atoms with Gasteiger partial charge in [-0.25, -0.2) is 0 Å². The molecule has 0 aliphatic heterocycles. The van der Waals surface area contributed by atoms with Gasteiger partial charge in [0, 0.05) is 18.9 Å². The Balaban J connectivity index is 2.23. The average Bonchev–Trinajstić information content (AvgIpc) is 2.77. The Hall–Kier alpha value is -1.81. The van der Waals surface area contributed by atoms with Gasteiger partial charge in [0.15, 0.2) is 5.15 Å². The third-order valence-electron chi connectivity index (χ3n) is 3.59. The fourth-order valence-electron chi connectivity index (χ4n) is 2.68. The number of hydrogen-bond acceptors (Lipinski definition) is 2. The van der Waals surface area contributed by atoms with Crippen LogP contribution < -0.4 is 5.32 Å². The van der Waals surface area contributed by atoms with Gasteiger partial charge < -0.3 is 5.32 Å². The minimum atomic E-state index is -0.234. The van der Waals surface area contributed by atoms with Crippen LogP contribution in [0.2, 0.25) is 5.15 Å². The number of nitrogens with one attached hydrogen (secondary N) is 1. The lowest BCUT2D eigenvalue weighted by Gasteiger charge is -2.18. The molecule has 0 fully saturated rings. The van der Waals surface area contributed by atoms with Crippen molar-refractivity contribution in [3.05, 3.63) is 46.7 Å². The lowest BCUT2D eigenvalue weighted by Crippen LogP contribution is -2.14. The Morgan fingerprint density at radius 1 is 1.32 bits per heavy atom. The molecule has 22 heavy (non-hydrogen) atoms. The van der Waals surface area contributed by atoms with Crippen molar-refractivity contribution in [1.82, 2.24) is 9.78 Å². The fraction of sp³-hybridized carbons (Fsp3) is 0.412. The number of aryl methyl sites for hydroxylation is 1. The van der Waals surface area contributed by atoms with E-state index in [0.717, 1.165) is 17.7 Å². The first-order valence-electron chi connectivity index (χ1n) is 7.48. The Bertz CT molecular complexity index is 664. The molecule has 2 aromatic rings. The number of halogens is 1. The molecule has 1 heterocycles. The highest BCUT2D eigenvalue weighted by Crippen LogP contribution is 2.29. The summed E-state index contributed by atoms with van der Waals surface area (Å²) in [7, 11) is 1.74. The molecule has 4 nitrogen and oxygen atoms in total. The summed E-state index contributed by atoms with van der Waals surface area (Å²) in [5.41, 5.74) is 2.36. The van der Waals surface area contributed by atoms with Gasteiger partial charge in [-0.05, 0) is 29.9 Å². The van der Waals surface area contributed by atoms with Crippen LogP contribution in [0.1, 0.15) is 49.0 Å². The molecule has 1 unspecified atom stereocenters. The number of rotatable bonds is 5. The van der Waals surface area contributed by atoms with Crippen molar-refractivity contribution in [2.45, 2.75) is 33.1 Å². The van der Waals surface area contributed by atoms with Gasteiger partial charge in [0.05, 0.1) is 5.56 Å². The molecular formula is C17H22ClN3O. The highest BCUT2D eigenvalue weighted by Gasteiger charge is 2.17. The van der Waals surface area contributed by atoms with Crippen molar-refractivity contribution in [3.8, 4) is 0 Å². The number of aromatic nitrogens is 2. The van der Waals surface area contributed by atoms with E-state index in [0.29, 0.717) is 17.4 Å². The maximum Gasteiger partial charge on any atom is 0.260 e. The zero-order valence-corrected chi connectivity index (χ0v) is 14.2. The third kappa shape index (κ3) is 3.89. The maximum atomic E-state index is 12.4. The number of nitrogens with zero attached hydrogens (tertiary/aromatic N) is 2. The van der Waals surface area contributed by atoms with Gasteiger partial charge in [0.2, 0.25) is 0 Å². The van der Waals surface area contributed by atoms with Gasteiger partial charge >= 0.3 is 0 Å². The van der Waals surface area contributed by atoms with Crippen molar-refractivity contribution >= 4 is 23.2 Å². The zero-order chi connectivity index (χ0) is 16.3. The average molecular weight is 320 g/mol. The summed E-state index contributed by atoms with van der Waals surface area (Å²) in [6.45, 7) is 6.59. The van der Waals surface area contributed by atoms with E-state index in [9.17, 15) is 4.79 Å². The van der Waals surface area contributed by atoms with Gasteiger partial charge in [-0.15, -0.1) is 0 Å². The molecule has 1 aromatic heterocycles. The van der Waals surface area contributed by atoms with Gasteiger partial charge in [-0.2, -0.15) is 5.10 Å². The number of para-hydroxylation sites is 1. The van der Waals surface area contributed by atoms with E-state index in [1.165, 1.54) is 4.68 Å². The molecule has 0 saturated heterocycles. The number of benzene rings is 1. The third-order valence-corrected chi connectivity index (χ3v) is 3.87. The summed E-state index contributed by atoms with van der Waals surface area (Å²) in [5, 5.41) is 7.17. The van der Waals surface area contributed by atoms with E-state index < -0.39 is 0 Å². The predicted octanol–water partition coefficient (Wildman–Crippen LogP) is 4.48. The lowest BCUT2D eigenvalue weighted by molar-refractivity contribution is 0.102. The number of carbonyl (C=O) groups is 1. The monoisotopic (exact) mass is 319 g/mol. The van der Waals surface area contributed by atoms with Crippen LogP contribution in [0.5, 0.6) is 0 Å². The van der Waals surface area contributed by atoms with E-state index in [1.54, 1.807) is 13.2 Å². The Morgan fingerprint density at radius 3 is 2.59 bits per heavy atom. The van der Waals surface area contributed by atoms with Crippen LogP contribution in [0, 0.1) is 5.92 Å². The highest BCUT2D eigenvalue weighted by atomic mass is 35.5. The molecule has 1 atom stereocenters. The summed E-state index contributed by atoms with van der Waals surface area (Å²) in [4.78, 5) is 12.4. The van der Waals surface area contributed by atoms with E-state index in [1.807, 2.05) is 18.2 Å². The molecule has 0 aliphatic carbocycles. The molecule has 0 radical (unpaired) electrons. The standard InChI is InChI=1S/C17H22ClN3O/c1-11(2)9-12(3)13-7-5-6-8-15(13)19-17(22)14-10-21(4)20-16(14)18/h5-8,10-12H,9H2,1-4H3,(H,19,22). The second kappa shape index (κ2) is 6.97. The topological polar surface area (TPSA) is 46.9 Å². The summed E-state index contributed by atoms with van der Waals surface area (Å²) < 4.78 is 1.53. The summed E-state index contributed by atoms with van der Waals surface area (Å²) in [6.07, 6.45) is 2.69. The van der Waals surface area contributed by atoms with Crippen molar-refractivity contribution in [3.63, 3.8) is 0 Å². The van der Waals surface area contributed by atoms with Gasteiger partial charge in [0.25, 0.3) is 5.91 Å². The highest BCUT2D eigenvalue weighted by molar-refractivity contribution is 6.33. The Morgan fingerprint density at radius 2 is 2.00 bits per heavy atom. The first-order chi connectivity index (χ1) is 10.4. The number of anilines is 1. The van der Waals surface area contributed by atoms with E-state index >= 15 is 0 Å². The number of amides is 1. The molecule has 2 rings (SSSR count). The molecule has 0 bridgehead atoms. The van der Waals surface area contributed by atoms with Crippen LogP contribution in [-0.4, -0.2) is 15.7 Å². The summed E-state index contributed by atoms with van der Waals surface area (Å²) in [6, 6.07) is 7.91. The number of carbonyl (C=O) groups excluding carboxylic acids is 1. The summed E-state index contributed by atoms with van der Waals surface area (Å²) >= 11 is 5.98. The second-order valence-corrected chi connectivity index (χ2v) is 6.44. The molecule has 1 N–H and O–H groups in total. The first-order valence-corrected chi connectivity index (χ1v) is 7.85. The molecule has 1 amide bonds. The van der Waals surface area contributed by atoms with E-state index in [-0.39, 0.29) is 11.1 Å². The van der Waals surface area contributed by atoms with Crippen LogP contribution in [-0.2, 0) is 7.05 Å². The zero-order valence-electron chi connectivity index (χ0n) is 13.4. The van der Waals surface area contributed by atoms with Crippen molar-refractivity contribution in [2.24, 2.45) is 13.0 Å². The van der Waals surface area contributed by atoms with Crippen molar-refractivity contribution < 1.29 is 4.79 Å². The normalized spacial score (nSPS) is 12.5. The van der Waals surface area contributed by atoms with Gasteiger partial charge in [0.1, 0.15) is 0 Å². The maximum absolute atomic E-state index is 12.4. The van der Waals surface area contributed by atoms with Crippen LogP contribution >= 0.6 is 11.6 Å². The molecule has 0 saturated carbocycles. The van der Waals surface area contributed by atoms with E-state index in [4.69, 9.17) is 11.6 Å². The van der Waals surface area contributed by atoms with Gasteiger partial charge in [-0.1, -0.05) is 50.6 Å². The van der Waals surface area contributed by atoms with E-state index in [2.05, 4.69) is 37.3 Å². The molecule has 118 valence electrons. The fourth-order valence-corrected chi connectivity index (χ4v) is 2.93. The van der Waals surface area contributed by atoms with Gasteiger partial charge in [-0.3, -0.25) is 9.48 Å². The van der Waals surface area contributed by atoms with Crippen LogP contribution in [0.15, 0.2) is 30.5 Å². The smallest absolute Gasteiger partial charge is 0.260 e. The minimum absolute atomic E-state index is 0.215.